The molecule has 1 saturated heterocycles. The monoisotopic (exact) mass is 198 g/mol. The molecule has 0 bridgehead atoms. The fourth-order valence-corrected chi connectivity index (χ4v) is 2.94. The SMILES string of the molecule is CC(C)C1(C2(C(=O)O)CCC2)COC1. The standard InChI is InChI=1S/C11H18O3/c1-8(2)11(6-14-7-11)10(9(12)13)4-3-5-10/h8H,3-7H2,1-2H3,(H,12,13). The van der Waals surface area contributed by atoms with Crippen LogP contribution in [0.15, 0.2) is 0 Å². The number of rotatable bonds is 3. The average Bonchev–Trinajstić information content (AvgIpc) is 1.89. The number of hydrogen-bond donors (Lipinski definition) is 1. The molecule has 0 atom stereocenters. The number of ether oxygens (including phenoxy) is 1. The molecule has 3 heteroatoms. The second-order valence-corrected chi connectivity index (χ2v) is 5.04. The Morgan fingerprint density at radius 3 is 2.00 bits per heavy atom. The van der Waals surface area contributed by atoms with Crippen LogP contribution in [0.3, 0.4) is 0 Å². The molecule has 0 radical (unpaired) electrons. The third kappa shape index (κ3) is 0.937. The van der Waals surface area contributed by atoms with E-state index in [0.717, 1.165) is 19.3 Å². The van der Waals surface area contributed by atoms with Crippen LogP contribution in [0, 0.1) is 16.7 Å². The normalized spacial score (nSPS) is 27.9. The molecule has 0 unspecified atom stereocenters. The first-order valence-corrected chi connectivity index (χ1v) is 5.36. The van der Waals surface area contributed by atoms with Gasteiger partial charge in [0.2, 0.25) is 0 Å². The van der Waals surface area contributed by atoms with Crippen LogP contribution in [0.25, 0.3) is 0 Å². The Hall–Kier alpha value is -0.570. The molecule has 80 valence electrons. The summed E-state index contributed by atoms with van der Waals surface area (Å²) in [5.74, 6) is -0.214. The van der Waals surface area contributed by atoms with Crippen LogP contribution in [0.5, 0.6) is 0 Å². The minimum atomic E-state index is -0.610. The number of aliphatic carboxylic acids is 1. The van der Waals surface area contributed by atoms with Crippen molar-refractivity contribution in [2.45, 2.75) is 33.1 Å². The summed E-state index contributed by atoms with van der Waals surface area (Å²) in [6.45, 7) is 5.50. The minimum Gasteiger partial charge on any atom is -0.481 e. The first-order valence-electron chi connectivity index (χ1n) is 5.36. The summed E-state index contributed by atoms with van der Waals surface area (Å²) < 4.78 is 5.27. The van der Waals surface area contributed by atoms with E-state index >= 15 is 0 Å². The molecule has 0 aromatic rings. The molecule has 1 heterocycles. The maximum Gasteiger partial charge on any atom is 0.310 e. The smallest absolute Gasteiger partial charge is 0.310 e. The lowest BCUT2D eigenvalue weighted by atomic mass is 9.48. The lowest BCUT2D eigenvalue weighted by molar-refractivity contribution is -0.239. The third-order valence-electron chi connectivity index (χ3n) is 4.39. The van der Waals surface area contributed by atoms with Crippen molar-refractivity contribution in [3.8, 4) is 0 Å². The molecular weight excluding hydrogens is 180 g/mol. The van der Waals surface area contributed by atoms with E-state index in [1.54, 1.807) is 0 Å². The topological polar surface area (TPSA) is 46.5 Å². The molecule has 0 amide bonds. The summed E-state index contributed by atoms with van der Waals surface area (Å²) in [5, 5.41) is 9.38. The van der Waals surface area contributed by atoms with E-state index in [1.165, 1.54) is 0 Å². The first kappa shape index (κ1) is 9.97. The van der Waals surface area contributed by atoms with Crippen LogP contribution in [0.2, 0.25) is 0 Å². The maximum atomic E-state index is 11.4. The molecule has 0 spiro atoms. The van der Waals surface area contributed by atoms with Crippen LogP contribution in [0.4, 0.5) is 0 Å². The summed E-state index contributed by atoms with van der Waals surface area (Å²) in [7, 11) is 0. The molecule has 2 fully saturated rings. The Morgan fingerprint density at radius 1 is 1.36 bits per heavy atom. The van der Waals surface area contributed by atoms with Crippen molar-refractivity contribution in [2.75, 3.05) is 13.2 Å². The van der Waals surface area contributed by atoms with Gasteiger partial charge in [-0.05, 0) is 18.8 Å². The molecule has 1 saturated carbocycles. The quantitative estimate of drug-likeness (QED) is 0.753. The summed E-state index contributed by atoms with van der Waals surface area (Å²) in [6.07, 6.45) is 2.73. The minimum absolute atomic E-state index is 0.0862. The predicted molar refractivity (Wildman–Crippen MR) is 52.0 cm³/mol. The van der Waals surface area contributed by atoms with Crippen LogP contribution in [-0.4, -0.2) is 24.3 Å². The molecule has 14 heavy (non-hydrogen) atoms. The van der Waals surface area contributed by atoms with Crippen molar-refractivity contribution >= 4 is 5.97 Å². The lowest BCUT2D eigenvalue weighted by Crippen LogP contribution is -2.64. The van der Waals surface area contributed by atoms with Gasteiger partial charge >= 0.3 is 5.97 Å². The van der Waals surface area contributed by atoms with Crippen LogP contribution in [-0.2, 0) is 9.53 Å². The van der Waals surface area contributed by atoms with Crippen LogP contribution >= 0.6 is 0 Å². The highest BCUT2D eigenvalue weighted by atomic mass is 16.5. The largest absolute Gasteiger partial charge is 0.481 e. The molecule has 3 nitrogen and oxygen atoms in total. The maximum absolute atomic E-state index is 11.4. The van der Waals surface area contributed by atoms with Gasteiger partial charge in [-0.15, -0.1) is 0 Å². The van der Waals surface area contributed by atoms with Gasteiger partial charge in [-0.1, -0.05) is 20.3 Å². The molecule has 1 aliphatic heterocycles. The van der Waals surface area contributed by atoms with Gasteiger partial charge in [-0.2, -0.15) is 0 Å². The van der Waals surface area contributed by atoms with Crippen molar-refractivity contribution in [1.29, 1.82) is 0 Å². The van der Waals surface area contributed by atoms with Crippen molar-refractivity contribution in [2.24, 2.45) is 16.7 Å². The second-order valence-electron chi connectivity index (χ2n) is 5.04. The highest BCUT2D eigenvalue weighted by Gasteiger charge is 2.64. The van der Waals surface area contributed by atoms with Crippen molar-refractivity contribution in [3.05, 3.63) is 0 Å². The lowest BCUT2D eigenvalue weighted by Gasteiger charge is -2.59. The zero-order valence-corrected chi connectivity index (χ0v) is 8.88. The first-order chi connectivity index (χ1) is 6.55. The Morgan fingerprint density at radius 2 is 1.93 bits per heavy atom. The average molecular weight is 198 g/mol. The fourth-order valence-electron chi connectivity index (χ4n) is 2.94. The Kier molecular flexibility index (Phi) is 2.11. The van der Waals surface area contributed by atoms with E-state index in [0.29, 0.717) is 19.1 Å². The molecule has 2 aliphatic rings. The number of carboxylic acid groups (broad SMARTS) is 1. The highest BCUT2D eigenvalue weighted by Crippen LogP contribution is 2.60. The van der Waals surface area contributed by atoms with Gasteiger partial charge in [0.25, 0.3) is 0 Å². The van der Waals surface area contributed by atoms with Crippen molar-refractivity contribution in [1.82, 2.24) is 0 Å². The molecular formula is C11H18O3. The Bertz CT molecular complexity index is 249. The van der Waals surface area contributed by atoms with Crippen molar-refractivity contribution in [3.63, 3.8) is 0 Å². The predicted octanol–water partition coefficient (Wildman–Crippen LogP) is 1.91. The van der Waals surface area contributed by atoms with Gasteiger partial charge in [-0.25, -0.2) is 0 Å². The molecule has 1 aliphatic carbocycles. The Balaban J connectivity index is 2.29. The van der Waals surface area contributed by atoms with Crippen LogP contribution < -0.4 is 0 Å². The third-order valence-corrected chi connectivity index (χ3v) is 4.39. The van der Waals surface area contributed by atoms with E-state index in [4.69, 9.17) is 4.74 Å². The fraction of sp³-hybridized carbons (Fsp3) is 0.909. The van der Waals surface area contributed by atoms with Gasteiger partial charge in [0.05, 0.1) is 18.6 Å². The van der Waals surface area contributed by atoms with E-state index in [-0.39, 0.29) is 5.41 Å². The zero-order chi connectivity index (χ0) is 10.4. The zero-order valence-electron chi connectivity index (χ0n) is 8.88. The number of carbonyl (C=O) groups is 1. The van der Waals surface area contributed by atoms with Gasteiger partial charge in [0, 0.05) is 5.41 Å². The van der Waals surface area contributed by atoms with E-state index < -0.39 is 11.4 Å². The van der Waals surface area contributed by atoms with Gasteiger partial charge < -0.3 is 9.84 Å². The van der Waals surface area contributed by atoms with Gasteiger partial charge in [0.15, 0.2) is 0 Å². The number of carboxylic acids is 1. The summed E-state index contributed by atoms with van der Waals surface area (Å²) >= 11 is 0. The highest BCUT2D eigenvalue weighted by molar-refractivity contribution is 5.77. The van der Waals surface area contributed by atoms with E-state index in [9.17, 15) is 9.90 Å². The van der Waals surface area contributed by atoms with Crippen molar-refractivity contribution < 1.29 is 14.6 Å². The summed E-state index contributed by atoms with van der Waals surface area (Å²) in [4.78, 5) is 11.4. The van der Waals surface area contributed by atoms with E-state index in [2.05, 4.69) is 13.8 Å². The van der Waals surface area contributed by atoms with Gasteiger partial charge in [-0.3, -0.25) is 4.79 Å². The molecule has 0 aromatic heterocycles. The van der Waals surface area contributed by atoms with Gasteiger partial charge in [0.1, 0.15) is 0 Å². The molecule has 0 aromatic carbocycles. The molecule has 1 N–H and O–H groups in total. The summed E-state index contributed by atoms with van der Waals surface area (Å²) in [6, 6.07) is 0. The Labute approximate surface area is 84.4 Å². The second kappa shape index (κ2) is 2.96. The van der Waals surface area contributed by atoms with E-state index in [1.807, 2.05) is 0 Å². The van der Waals surface area contributed by atoms with Crippen LogP contribution in [0.1, 0.15) is 33.1 Å². The summed E-state index contributed by atoms with van der Waals surface area (Å²) in [5.41, 5.74) is -0.559. The molecule has 2 rings (SSSR count). The number of hydrogen-bond acceptors (Lipinski definition) is 2.